The van der Waals surface area contributed by atoms with Crippen LogP contribution in [0.3, 0.4) is 0 Å². The van der Waals surface area contributed by atoms with E-state index < -0.39 is 0 Å². The summed E-state index contributed by atoms with van der Waals surface area (Å²) in [5, 5.41) is 7.00. The number of hydrogen-bond donors (Lipinski definition) is 2. The summed E-state index contributed by atoms with van der Waals surface area (Å²) in [5.74, 6) is 0. The molecule has 0 spiro atoms. The van der Waals surface area contributed by atoms with E-state index >= 15 is 0 Å². The molecule has 0 bridgehead atoms. The molecular formula is C23H23Cl2N5. The zero-order chi connectivity index (χ0) is 21.1. The summed E-state index contributed by atoms with van der Waals surface area (Å²) >= 11 is 12.2. The molecule has 3 N–H and O–H groups in total. The number of benzene rings is 2. The zero-order valence-electron chi connectivity index (χ0n) is 16.6. The van der Waals surface area contributed by atoms with Gasteiger partial charge >= 0.3 is 0 Å². The van der Waals surface area contributed by atoms with Gasteiger partial charge in [0.15, 0.2) is 0 Å². The molecular weight excluding hydrogens is 417 g/mol. The summed E-state index contributed by atoms with van der Waals surface area (Å²) in [4.78, 5) is 11.2. The number of fused-ring (bicyclic) bond motifs is 2. The maximum Gasteiger partial charge on any atom is 0.0737 e. The largest absolute Gasteiger partial charge is 0.383 e. The fourth-order valence-electron chi connectivity index (χ4n) is 3.64. The number of aromatic nitrogens is 2. The number of rotatable bonds is 7. The highest BCUT2D eigenvalue weighted by Gasteiger charge is 2.13. The normalized spacial score (nSPS) is 12.3. The monoisotopic (exact) mass is 439 g/mol. The summed E-state index contributed by atoms with van der Waals surface area (Å²) in [6.07, 6.45) is 3.61. The van der Waals surface area contributed by atoms with Crippen LogP contribution < -0.4 is 16.0 Å². The van der Waals surface area contributed by atoms with Gasteiger partial charge in [0.1, 0.15) is 0 Å². The van der Waals surface area contributed by atoms with Gasteiger partial charge in [0, 0.05) is 70.3 Å². The van der Waals surface area contributed by atoms with Crippen LogP contribution >= 0.6 is 23.2 Å². The van der Waals surface area contributed by atoms with Gasteiger partial charge in [0.05, 0.1) is 11.0 Å². The number of anilines is 2. The maximum absolute atomic E-state index is 6.15. The van der Waals surface area contributed by atoms with Crippen molar-refractivity contribution in [1.82, 2.24) is 9.97 Å². The van der Waals surface area contributed by atoms with Crippen LogP contribution in [0.5, 0.6) is 0 Å². The van der Waals surface area contributed by atoms with Crippen LogP contribution in [-0.2, 0) is 0 Å². The molecule has 4 aromatic rings. The van der Waals surface area contributed by atoms with E-state index in [9.17, 15) is 0 Å². The van der Waals surface area contributed by atoms with Crippen LogP contribution in [0, 0.1) is 0 Å². The number of pyridine rings is 2. The summed E-state index contributed by atoms with van der Waals surface area (Å²) in [7, 11) is 0. The molecule has 7 heteroatoms. The van der Waals surface area contributed by atoms with Gasteiger partial charge in [-0.1, -0.05) is 23.2 Å². The van der Waals surface area contributed by atoms with Crippen molar-refractivity contribution in [3.63, 3.8) is 0 Å². The molecule has 1 unspecified atom stereocenters. The van der Waals surface area contributed by atoms with Crippen LogP contribution in [0.15, 0.2) is 60.9 Å². The molecule has 154 valence electrons. The van der Waals surface area contributed by atoms with Crippen LogP contribution in [-0.4, -0.2) is 35.6 Å². The highest BCUT2D eigenvalue weighted by molar-refractivity contribution is 6.31. The minimum atomic E-state index is 0.0319. The van der Waals surface area contributed by atoms with E-state index in [1.807, 2.05) is 61.7 Å². The van der Waals surface area contributed by atoms with E-state index in [0.717, 1.165) is 52.8 Å². The third-order valence-electron chi connectivity index (χ3n) is 4.93. The molecule has 1 atom stereocenters. The standard InChI is InChI=1S/C23H23Cl2N5/c1-15(26)14-30(23-7-9-28-22-13-17(25)3-5-19(22)23)11-10-29-20-6-8-27-21-12-16(24)2-4-18(20)21/h2-9,12-13,15H,10-11,14,26H2,1H3,(H,27,29). The molecule has 2 heterocycles. The summed E-state index contributed by atoms with van der Waals surface area (Å²) < 4.78 is 0. The summed E-state index contributed by atoms with van der Waals surface area (Å²) in [6, 6.07) is 15.6. The molecule has 0 amide bonds. The first kappa shape index (κ1) is 20.7. The number of hydrogen-bond acceptors (Lipinski definition) is 5. The molecule has 0 fully saturated rings. The summed E-state index contributed by atoms with van der Waals surface area (Å²) in [5.41, 5.74) is 10.0. The Morgan fingerprint density at radius 3 is 2.27 bits per heavy atom. The molecule has 0 radical (unpaired) electrons. The van der Waals surface area contributed by atoms with E-state index in [0.29, 0.717) is 10.0 Å². The van der Waals surface area contributed by atoms with Crippen molar-refractivity contribution in [2.45, 2.75) is 13.0 Å². The Morgan fingerprint density at radius 2 is 1.57 bits per heavy atom. The van der Waals surface area contributed by atoms with Gasteiger partial charge in [0.2, 0.25) is 0 Å². The zero-order valence-corrected chi connectivity index (χ0v) is 18.2. The smallest absolute Gasteiger partial charge is 0.0737 e. The Bertz CT molecular complexity index is 1180. The lowest BCUT2D eigenvalue weighted by atomic mass is 10.1. The van der Waals surface area contributed by atoms with Crippen molar-refractivity contribution in [3.05, 3.63) is 71.0 Å². The van der Waals surface area contributed by atoms with E-state index in [2.05, 4.69) is 20.2 Å². The average Bonchev–Trinajstić information content (AvgIpc) is 2.72. The second-order valence-corrected chi connectivity index (χ2v) is 8.23. The number of halogens is 2. The second-order valence-electron chi connectivity index (χ2n) is 7.36. The quantitative estimate of drug-likeness (QED) is 0.405. The lowest BCUT2D eigenvalue weighted by Gasteiger charge is -2.28. The molecule has 0 aliphatic carbocycles. The highest BCUT2D eigenvalue weighted by Crippen LogP contribution is 2.28. The van der Waals surface area contributed by atoms with Crippen molar-refractivity contribution < 1.29 is 0 Å². The van der Waals surface area contributed by atoms with Gasteiger partial charge in [-0.3, -0.25) is 9.97 Å². The lowest BCUT2D eigenvalue weighted by Crippen LogP contribution is -2.38. The number of nitrogens with one attached hydrogen (secondary N) is 1. The van der Waals surface area contributed by atoms with Crippen molar-refractivity contribution in [2.24, 2.45) is 5.73 Å². The SMILES string of the molecule is CC(N)CN(CCNc1ccnc2cc(Cl)ccc12)c1ccnc2cc(Cl)ccc12. The van der Waals surface area contributed by atoms with E-state index in [1.165, 1.54) is 0 Å². The van der Waals surface area contributed by atoms with Gasteiger partial charge in [0.25, 0.3) is 0 Å². The molecule has 30 heavy (non-hydrogen) atoms. The van der Waals surface area contributed by atoms with Crippen LogP contribution in [0.1, 0.15) is 6.92 Å². The Labute approximate surface area is 185 Å². The van der Waals surface area contributed by atoms with Gasteiger partial charge in [-0.2, -0.15) is 0 Å². The van der Waals surface area contributed by atoms with Gasteiger partial charge in [-0.05, 0) is 55.5 Å². The van der Waals surface area contributed by atoms with Crippen LogP contribution in [0.25, 0.3) is 21.8 Å². The molecule has 0 saturated heterocycles. The van der Waals surface area contributed by atoms with E-state index in [-0.39, 0.29) is 6.04 Å². The van der Waals surface area contributed by atoms with E-state index in [4.69, 9.17) is 28.9 Å². The molecule has 0 aliphatic rings. The maximum atomic E-state index is 6.15. The minimum absolute atomic E-state index is 0.0319. The van der Waals surface area contributed by atoms with Crippen LogP contribution in [0.2, 0.25) is 10.0 Å². The van der Waals surface area contributed by atoms with Gasteiger partial charge in [-0.25, -0.2) is 0 Å². The first-order chi connectivity index (χ1) is 14.5. The predicted octanol–water partition coefficient (Wildman–Crippen LogP) is 5.36. The Morgan fingerprint density at radius 1 is 0.933 bits per heavy atom. The fourth-order valence-corrected chi connectivity index (χ4v) is 3.97. The number of nitrogens with zero attached hydrogens (tertiary/aromatic N) is 3. The van der Waals surface area contributed by atoms with Crippen LogP contribution in [0.4, 0.5) is 11.4 Å². The Balaban J connectivity index is 1.57. The molecule has 2 aromatic heterocycles. The topological polar surface area (TPSA) is 67.1 Å². The van der Waals surface area contributed by atoms with Crippen molar-refractivity contribution in [1.29, 1.82) is 0 Å². The molecule has 5 nitrogen and oxygen atoms in total. The fraction of sp³-hybridized carbons (Fsp3) is 0.217. The molecule has 4 rings (SSSR count). The molecule has 0 aliphatic heterocycles. The van der Waals surface area contributed by atoms with Gasteiger partial charge in [-0.15, -0.1) is 0 Å². The average molecular weight is 440 g/mol. The van der Waals surface area contributed by atoms with E-state index in [1.54, 1.807) is 6.20 Å². The van der Waals surface area contributed by atoms with Crippen molar-refractivity contribution in [3.8, 4) is 0 Å². The Hall–Kier alpha value is -2.60. The lowest BCUT2D eigenvalue weighted by molar-refractivity contribution is 0.683. The third-order valence-corrected chi connectivity index (χ3v) is 5.40. The second kappa shape index (κ2) is 9.04. The Kier molecular flexibility index (Phi) is 6.23. The molecule has 2 aromatic carbocycles. The third kappa shape index (κ3) is 4.59. The number of nitrogens with two attached hydrogens (primary N) is 1. The highest BCUT2D eigenvalue weighted by atomic mass is 35.5. The first-order valence-electron chi connectivity index (χ1n) is 9.84. The first-order valence-corrected chi connectivity index (χ1v) is 10.6. The minimum Gasteiger partial charge on any atom is -0.383 e. The summed E-state index contributed by atoms with van der Waals surface area (Å²) in [6.45, 7) is 4.27. The predicted molar refractivity (Wildman–Crippen MR) is 128 cm³/mol. The molecule has 0 saturated carbocycles. The van der Waals surface area contributed by atoms with Crippen molar-refractivity contribution >= 4 is 56.4 Å². The van der Waals surface area contributed by atoms with Gasteiger partial charge < -0.3 is 16.0 Å². The van der Waals surface area contributed by atoms with Crippen molar-refractivity contribution in [2.75, 3.05) is 29.9 Å².